The molecule has 0 saturated heterocycles. The number of nitrogens with two attached hydrogens (primary N) is 1. The maximum Gasteiger partial charge on any atom is 0.126 e. The fraction of sp³-hybridized carbons (Fsp3) is 0.667. The van der Waals surface area contributed by atoms with Crippen LogP contribution in [0.5, 0.6) is 0 Å². The van der Waals surface area contributed by atoms with Crippen LogP contribution in [0.3, 0.4) is 0 Å². The number of hydrazine groups is 1. The highest BCUT2D eigenvalue weighted by Crippen LogP contribution is 2.14. The molecule has 0 radical (unpaired) electrons. The molecule has 0 bridgehead atoms. The quantitative estimate of drug-likeness (QED) is 0.393. The van der Waals surface area contributed by atoms with Crippen molar-refractivity contribution in [1.82, 2.24) is 15.0 Å². The fourth-order valence-electron chi connectivity index (χ4n) is 1.43. The highest BCUT2D eigenvalue weighted by molar-refractivity contribution is 4.97. The lowest BCUT2D eigenvalue weighted by Gasteiger charge is -2.15. The molecule has 1 unspecified atom stereocenters. The molecule has 0 aromatic carbocycles. The second kappa shape index (κ2) is 5.74. The average Bonchev–Trinajstić information content (AvgIpc) is 2.60. The number of aryl methyl sites for hydroxylation is 1. The van der Waals surface area contributed by atoms with Gasteiger partial charge in [0.25, 0.3) is 0 Å². The number of hydrogen-bond donors (Lipinski definition) is 2. The van der Waals surface area contributed by atoms with Crippen molar-refractivity contribution in [3.63, 3.8) is 0 Å². The molecule has 5 heteroatoms. The van der Waals surface area contributed by atoms with Crippen molar-refractivity contribution in [2.75, 3.05) is 13.7 Å². The van der Waals surface area contributed by atoms with Gasteiger partial charge >= 0.3 is 0 Å². The Morgan fingerprint density at radius 3 is 3.00 bits per heavy atom. The van der Waals surface area contributed by atoms with E-state index in [9.17, 15) is 0 Å². The van der Waals surface area contributed by atoms with Crippen LogP contribution in [0.25, 0.3) is 0 Å². The minimum atomic E-state index is 0.102. The number of nitrogens with one attached hydrogen (secondary N) is 1. The summed E-state index contributed by atoms with van der Waals surface area (Å²) in [6.45, 7) is 0.753. The molecule has 0 aliphatic carbocycles. The molecule has 1 atom stereocenters. The maximum atomic E-state index is 5.47. The highest BCUT2D eigenvalue weighted by atomic mass is 16.5. The number of methoxy groups -OCH3 is 1. The second-order valence-electron chi connectivity index (χ2n) is 3.25. The Morgan fingerprint density at radius 1 is 1.71 bits per heavy atom. The molecule has 5 nitrogen and oxygen atoms in total. The normalized spacial score (nSPS) is 13.1. The first-order chi connectivity index (χ1) is 6.79. The van der Waals surface area contributed by atoms with Crippen LogP contribution in [-0.2, 0) is 11.8 Å². The first kappa shape index (κ1) is 11.2. The summed E-state index contributed by atoms with van der Waals surface area (Å²) < 4.78 is 6.96. The van der Waals surface area contributed by atoms with E-state index in [0.717, 1.165) is 25.3 Å². The minimum Gasteiger partial charge on any atom is -0.385 e. The molecule has 0 amide bonds. The number of aromatic nitrogens is 2. The third-order valence-electron chi connectivity index (χ3n) is 2.21. The zero-order valence-corrected chi connectivity index (χ0v) is 8.73. The third kappa shape index (κ3) is 2.80. The summed E-state index contributed by atoms with van der Waals surface area (Å²) in [5.74, 6) is 6.43. The van der Waals surface area contributed by atoms with Crippen LogP contribution in [0, 0.1) is 0 Å². The zero-order chi connectivity index (χ0) is 10.4. The van der Waals surface area contributed by atoms with E-state index >= 15 is 0 Å². The maximum absolute atomic E-state index is 5.47. The van der Waals surface area contributed by atoms with Crippen molar-refractivity contribution in [2.24, 2.45) is 12.9 Å². The predicted molar refractivity (Wildman–Crippen MR) is 54.4 cm³/mol. The van der Waals surface area contributed by atoms with Gasteiger partial charge < -0.3 is 9.30 Å². The van der Waals surface area contributed by atoms with Gasteiger partial charge in [-0.15, -0.1) is 0 Å². The van der Waals surface area contributed by atoms with Gasteiger partial charge in [-0.2, -0.15) is 0 Å². The van der Waals surface area contributed by atoms with E-state index in [2.05, 4.69) is 10.4 Å². The van der Waals surface area contributed by atoms with Gasteiger partial charge in [0.2, 0.25) is 0 Å². The lowest BCUT2D eigenvalue weighted by atomic mass is 10.1. The van der Waals surface area contributed by atoms with Crippen LogP contribution in [0.1, 0.15) is 24.7 Å². The molecule has 1 heterocycles. The molecule has 80 valence electrons. The lowest BCUT2D eigenvalue weighted by Crippen LogP contribution is -2.30. The Hall–Kier alpha value is -0.910. The SMILES string of the molecule is COCCCC(NN)c1nccn1C. The summed E-state index contributed by atoms with van der Waals surface area (Å²) in [6, 6.07) is 0.102. The monoisotopic (exact) mass is 198 g/mol. The molecule has 0 fully saturated rings. The summed E-state index contributed by atoms with van der Waals surface area (Å²) >= 11 is 0. The summed E-state index contributed by atoms with van der Waals surface area (Å²) in [7, 11) is 3.66. The third-order valence-corrected chi connectivity index (χ3v) is 2.21. The van der Waals surface area contributed by atoms with Crippen molar-refractivity contribution in [1.29, 1.82) is 0 Å². The molecule has 0 spiro atoms. The molecular formula is C9H18N4O. The van der Waals surface area contributed by atoms with Gasteiger partial charge in [-0.25, -0.2) is 10.4 Å². The fourth-order valence-corrected chi connectivity index (χ4v) is 1.43. The molecule has 1 rings (SSSR count). The highest BCUT2D eigenvalue weighted by Gasteiger charge is 2.13. The number of hydrogen-bond acceptors (Lipinski definition) is 4. The average molecular weight is 198 g/mol. The van der Waals surface area contributed by atoms with Crippen molar-refractivity contribution in [2.45, 2.75) is 18.9 Å². The summed E-state index contributed by atoms with van der Waals surface area (Å²) in [5.41, 5.74) is 2.77. The Bertz CT molecular complexity index is 261. The van der Waals surface area contributed by atoms with Crippen LogP contribution < -0.4 is 11.3 Å². The molecular weight excluding hydrogens is 180 g/mol. The van der Waals surface area contributed by atoms with Crippen LogP contribution in [-0.4, -0.2) is 23.3 Å². The Labute approximate surface area is 84.2 Å². The lowest BCUT2D eigenvalue weighted by molar-refractivity contribution is 0.188. The predicted octanol–water partition coefficient (Wildman–Crippen LogP) is 0.351. The molecule has 14 heavy (non-hydrogen) atoms. The first-order valence-electron chi connectivity index (χ1n) is 4.72. The minimum absolute atomic E-state index is 0.102. The van der Waals surface area contributed by atoms with E-state index in [0.29, 0.717) is 0 Å². The van der Waals surface area contributed by atoms with Crippen LogP contribution in [0.4, 0.5) is 0 Å². The van der Waals surface area contributed by atoms with Gasteiger partial charge in [-0.1, -0.05) is 0 Å². The largest absolute Gasteiger partial charge is 0.385 e. The summed E-state index contributed by atoms with van der Waals surface area (Å²) in [4.78, 5) is 4.25. The van der Waals surface area contributed by atoms with E-state index in [4.69, 9.17) is 10.6 Å². The van der Waals surface area contributed by atoms with Crippen molar-refractivity contribution in [3.8, 4) is 0 Å². The van der Waals surface area contributed by atoms with E-state index in [1.54, 1.807) is 13.3 Å². The van der Waals surface area contributed by atoms with Gasteiger partial charge in [-0.3, -0.25) is 5.84 Å². The Balaban J connectivity index is 2.50. The van der Waals surface area contributed by atoms with Gasteiger partial charge in [0.05, 0.1) is 6.04 Å². The zero-order valence-electron chi connectivity index (χ0n) is 8.73. The smallest absolute Gasteiger partial charge is 0.126 e. The number of rotatable bonds is 6. The van der Waals surface area contributed by atoms with Gasteiger partial charge in [0.1, 0.15) is 5.82 Å². The van der Waals surface area contributed by atoms with Crippen LogP contribution in [0.2, 0.25) is 0 Å². The van der Waals surface area contributed by atoms with Crippen molar-refractivity contribution < 1.29 is 4.74 Å². The van der Waals surface area contributed by atoms with Crippen molar-refractivity contribution in [3.05, 3.63) is 18.2 Å². The van der Waals surface area contributed by atoms with Gasteiger partial charge in [0.15, 0.2) is 0 Å². The van der Waals surface area contributed by atoms with Gasteiger partial charge in [0, 0.05) is 33.2 Å². The second-order valence-corrected chi connectivity index (χ2v) is 3.25. The Morgan fingerprint density at radius 2 is 2.50 bits per heavy atom. The number of ether oxygens (including phenoxy) is 1. The molecule has 1 aromatic rings. The number of nitrogens with zero attached hydrogens (tertiary/aromatic N) is 2. The van der Waals surface area contributed by atoms with E-state index in [1.807, 2.05) is 17.8 Å². The first-order valence-corrected chi connectivity index (χ1v) is 4.72. The Kier molecular flexibility index (Phi) is 4.58. The van der Waals surface area contributed by atoms with E-state index in [1.165, 1.54) is 0 Å². The molecule has 0 aliphatic heterocycles. The summed E-state index contributed by atoms with van der Waals surface area (Å²) in [5, 5.41) is 0. The van der Waals surface area contributed by atoms with Crippen molar-refractivity contribution >= 4 is 0 Å². The molecule has 3 N–H and O–H groups in total. The van der Waals surface area contributed by atoms with E-state index in [-0.39, 0.29) is 6.04 Å². The van der Waals surface area contributed by atoms with Crippen LogP contribution >= 0.6 is 0 Å². The number of imidazole rings is 1. The standard InChI is InChI=1S/C9H18N4O/c1-13-6-5-11-9(13)8(12-10)4-3-7-14-2/h5-6,8,12H,3-4,7,10H2,1-2H3. The topological polar surface area (TPSA) is 65.1 Å². The molecule has 0 saturated carbocycles. The molecule has 0 aliphatic rings. The van der Waals surface area contributed by atoms with Gasteiger partial charge in [-0.05, 0) is 12.8 Å². The van der Waals surface area contributed by atoms with E-state index < -0.39 is 0 Å². The summed E-state index contributed by atoms with van der Waals surface area (Å²) in [6.07, 6.45) is 5.58. The molecule has 1 aromatic heterocycles. The van der Waals surface area contributed by atoms with Crippen LogP contribution in [0.15, 0.2) is 12.4 Å².